The van der Waals surface area contributed by atoms with E-state index in [1.165, 1.54) is 4.90 Å². The molecule has 26 heavy (non-hydrogen) atoms. The van der Waals surface area contributed by atoms with Crippen LogP contribution in [0.3, 0.4) is 0 Å². The van der Waals surface area contributed by atoms with Crippen LogP contribution in [0.2, 0.25) is 5.02 Å². The fraction of sp³-hybridized carbons (Fsp3) is 0.200. The molecule has 2 aromatic rings. The number of benzene rings is 2. The van der Waals surface area contributed by atoms with E-state index in [0.717, 1.165) is 5.56 Å². The second-order valence-electron chi connectivity index (χ2n) is 6.13. The number of hydrogen-bond donors (Lipinski definition) is 2. The third-order valence-electron chi connectivity index (χ3n) is 4.39. The Hall–Kier alpha value is -2.63. The first kappa shape index (κ1) is 18.2. The van der Waals surface area contributed by atoms with Crippen molar-refractivity contribution in [1.82, 2.24) is 4.90 Å². The molecule has 1 fully saturated rings. The Morgan fingerprint density at radius 1 is 1.08 bits per heavy atom. The van der Waals surface area contributed by atoms with Gasteiger partial charge in [0.1, 0.15) is 5.76 Å². The van der Waals surface area contributed by atoms with Gasteiger partial charge in [-0.1, -0.05) is 41.4 Å². The van der Waals surface area contributed by atoms with Crippen LogP contribution in [0.1, 0.15) is 22.7 Å². The molecular formula is C20H18ClNO4. The fourth-order valence-corrected chi connectivity index (χ4v) is 3.20. The number of likely N-dealkylation sites (tertiary alicyclic amines) is 1. The van der Waals surface area contributed by atoms with E-state index >= 15 is 0 Å². The van der Waals surface area contributed by atoms with Gasteiger partial charge in [0.05, 0.1) is 18.2 Å². The van der Waals surface area contributed by atoms with Gasteiger partial charge in [0.2, 0.25) is 0 Å². The summed E-state index contributed by atoms with van der Waals surface area (Å²) in [5.41, 5.74) is 2.13. The van der Waals surface area contributed by atoms with Crippen molar-refractivity contribution in [3.8, 4) is 0 Å². The quantitative estimate of drug-likeness (QED) is 0.492. The molecule has 1 aliphatic heterocycles. The van der Waals surface area contributed by atoms with Crippen molar-refractivity contribution in [2.24, 2.45) is 0 Å². The molecular weight excluding hydrogens is 354 g/mol. The number of β-amino-alcohol motifs (C(OH)–C–C–N with tert-alkyl or cyclic N) is 1. The summed E-state index contributed by atoms with van der Waals surface area (Å²) in [6.07, 6.45) is 0. The minimum atomic E-state index is -0.767. The van der Waals surface area contributed by atoms with Crippen molar-refractivity contribution in [2.45, 2.75) is 13.0 Å². The highest BCUT2D eigenvalue weighted by Crippen LogP contribution is 2.39. The number of aliphatic hydroxyl groups is 2. The van der Waals surface area contributed by atoms with Crippen LogP contribution in [0.15, 0.2) is 54.1 Å². The second kappa shape index (κ2) is 7.32. The zero-order chi connectivity index (χ0) is 18.8. The molecule has 0 unspecified atom stereocenters. The maximum absolute atomic E-state index is 12.6. The molecule has 1 amide bonds. The molecule has 2 N–H and O–H groups in total. The van der Waals surface area contributed by atoms with Gasteiger partial charge in [0.15, 0.2) is 0 Å². The van der Waals surface area contributed by atoms with Gasteiger partial charge in [-0.25, -0.2) is 0 Å². The third-order valence-corrected chi connectivity index (χ3v) is 4.64. The Balaban J connectivity index is 2.17. The second-order valence-corrected chi connectivity index (χ2v) is 6.57. The lowest BCUT2D eigenvalue weighted by atomic mass is 9.95. The minimum Gasteiger partial charge on any atom is -0.507 e. The summed E-state index contributed by atoms with van der Waals surface area (Å²) < 4.78 is 0. The molecule has 0 saturated carbocycles. The number of rotatable bonds is 4. The normalized spacial score (nSPS) is 19.2. The molecule has 0 radical (unpaired) electrons. The highest BCUT2D eigenvalue weighted by molar-refractivity contribution is 6.46. The molecule has 5 nitrogen and oxygen atoms in total. The summed E-state index contributed by atoms with van der Waals surface area (Å²) in [4.78, 5) is 26.3. The largest absolute Gasteiger partial charge is 0.507 e. The van der Waals surface area contributed by atoms with E-state index in [4.69, 9.17) is 11.6 Å². The highest BCUT2D eigenvalue weighted by Gasteiger charge is 2.45. The lowest BCUT2D eigenvalue weighted by Crippen LogP contribution is -2.32. The van der Waals surface area contributed by atoms with Gasteiger partial charge in [-0.2, -0.15) is 0 Å². The molecule has 0 spiro atoms. The summed E-state index contributed by atoms with van der Waals surface area (Å²) in [6.45, 7) is 1.65. The van der Waals surface area contributed by atoms with Crippen molar-refractivity contribution in [2.75, 3.05) is 13.2 Å². The van der Waals surface area contributed by atoms with E-state index in [9.17, 15) is 19.8 Å². The standard InChI is InChI=1S/C20H18ClNO4/c1-12-2-4-13(5-3-12)17-16(19(25)20(26)22(17)10-11-23)18(24)14-6-8-15(21)9-7-14/h2-9,17,23-24H,10-11H2,1H3/b18-16+/t17-/m0/s1. The molecule has 1 aliphatic rings. The Kier molecular flexibility index (Phi) is 5.11. The lowest BCUT2D eigenvalue weighted by molar-refractivity contribution is -0.140. The van der Waals surface area contributed by atoms with E-state index < -0.39 is 17.7 Å². The lowest BCUT2D eigenvalue weighted by Gasteiger charge is -2.24. The van der Waals surface area contributed by atoms with E-state index in [1.807, 2.05) is 31.2 Å². The summed E-state index contributed by atoms with van der Waals surface area (Å²) >= 11 is 5.88. The molecule has 3 rings (SSSR count). The number of carbonyl (C=O) groups is 2. The van der Waals surface area contributed by atoms with Crippen LogP contribution in [0, 0.1) is 6.92 Å². The number of hydrogen-bond acceptors (Lipinski definition) is 4. The third kappa shape index (κ3) is 3.23. The smallest absolute Gasteiger partial charge is 0.295 e. The van der Waals surface area contributed by atoms with E-state index in [1.54, 1.807) is 24.3 Å². The number of carbonyl (C=O) groups excluding carboxylic acids is 2. The van der Waals surface area contributed by atoms with Crippen molar-refractivity contribution < 1.29 is 19.8 Å². The molecule has 0 aromatic heterocycles. The van der Waals surface area contributed by atoms with E-state index in [0.29, 0.717) is 16.1 Å². The van der Waals surface area contributed by atoms with Gasteiger partial charge in [0, 0.05) is 17.1 Å². The van der Waals surface area contributed by atoms with Gasteiger partial charge in [-0.3, -0.25) is 9.59 Å². The van der Waals surface area contributed by atoms with Crippen molar-refractivity contribution in [1.29, 1.82) is 0 Å². The van der Waals surface area contributed by atoms with Gasteiger partial charge in [-0.05, 0) is 36.8 Å². The molecule has 6 heteroatoms. The SMILES string of the molecule is Cc1ccc([C@H]2/C(=C(\O)c3ccc(Cl)cc3)C(=O)C(=O)N2CCO)cc1. The average Bonchev–Trinajstić information content (AvgIpc) is 2.88. The summed E-state index contributed by atoms with van der Waals surface area (Å²) in [5, 5.41) is 20.6. The van der Waals surface area contributed by atoms with Gasteiger partial charge < -0.3 is 15.1 Å². The van der Waals surface area contributed by atoms with Crippen LogP contribution in [0.25, 0.3) is 5.76 Å². The zero-order valence-corrected chi connectivity index (χ0v) is 14.9. The fourth-order valence-electron chi connectivity index (χ4n) is 3.08. The van der Waals surface area contributed by atoms with Gasteiger partial charge in [0.25, 0.3) is 11.7 Å². The first-order chi connectivity index (χ1) is 12.4. The Morgan fingerprint density at radius 3 is 2.27 bits per heavy atom. The molecule has 0 bridgehead atoms. The number of aryl methyl sites for hydroxylation is 1. The predicted octanol–water partition coefficient (Wildman–Crippen LogP) is 3.06. The number of Topliss-reactive ketones (excluding diaryl/α,β-unsaturated/α-hetero) is 1. The maximum Gasteiger partial charge on any atom is 0.295 e. The van der Waals surface area contributed by atoms with Crippen LogP contribution in [0.5, 0.6) is 0 Å². The number of halogens is 1. The molecule has 0 aliphatic carbocycles. The number of nitrogens with zero attached hydrogens (tertiary/aromatic N) is 1. The first-order valence-electron chi connectivity index (χ1n) is 8.16. The zero-order valence-electron chi connectivity index (χ0n) is 14.1. The van der Waals surface area contributed by atoms with Crippen molar-refractivity contribution >= 4 is 29.1 Å². The molecule has 134 valence electrons. The average molecular weight is 372 g/mol. The van der Waals surface area contributed by atoms with Crippen LogP contribution >= 0.6 is 11.6 Å². The van der Waals surface area contributed by atoms with Gasteiger partial charge >= 0.3 is 0 Å². The number of aliphatic hydroxyl groups excluding tert-OH is 2. The summed E-state index contributed by atoms with van der Waals surface area (Å²) in [5.74, 6) is -1.76. The van der Waals surface area contributed by atoms with Crippen molar-refractivity contribution in [3.63, 3.8) is 0 Å². The minimum absolute atomic E-state index is 0.000510. The topological polar surface area (TPSA) is 77.8 Å². The Labute approximate surface area is 156 Å². The van der Waals surface area contributed by atoms with Crippen LogP contribution < -0.4 is 0 Å². The monoisotopic (exact) mass is 371 g/mol. The number of amides is 1. The van der Waals surface area contributed by atoms with Crippen LogP contribution in [0.4, 0.5) is 0 Å². The summed E-state index contributed by atoms with van der Waals surface area (Å²) in [6, 6.07) is 13.0. The molecule has 1 atom stereocenters. The number of ketones is 1. The van der Waals surface area contributed by atoms with Crippen LogP contribution in [-0.4, -0.2) is 40.0 Å². The van der Waals surface area contributed by atoms with Crippen LogP contribution in [-0.2, 0) is 9.59 Å². The Bertz CT molecular complexity index is 872. The Morgan fingerprint density at radius 2 is 1.69 bits per heavy atom. The van der Waals surface area contributed by atoms with E-state index in [-0.39, 0.29) is 24.5 Å². The van der Waals surface area contributed by atoms with Gasteiger partial charge in [-0.15, -0.1) is 0 Å². The molecule has 1 heterocycles. The summed E-state index contributed by atoms with van der Waals surface area (Å²) in [7, 11) is 0. The van der Waals surface area contributed by atoms with Crippen molar-refractivity contribution in [3.05, 3.63) is 75.8 Å². The first-order valence-corrected chi connectivity index (χ1v) is 8.53. The maximum atomic E-state index is 12.6. The van der Waals surface area contributed by atoms with E-state index in [2.05, 4.69) is 0 Å². The predicted molar refractivity (Wildman–Crippen MR) is 98.7 cm³/mol. The molecule has 1 saturated heterocycles. The highest BCUT2D eigenvalue weighted by atomic mass is 35.5. The molecule has 2 aromatic carbocycles.